The highest BCUT2D eigenvalue weighted by atomic mass is 16.5. The number of rotatable bonds is 6. The molecule has 20 heavy (non-hydrogen) atoms. The Morgan fingerprint density at radius 3 is 3.05 bits per heavy atom. The van der Waals surface area contributed by atoms with E-state index in [2.05, 4.69) is 5.10 Å². The van der Waals surface area contributed by atoms with E-state index < -0.39 is 0 Å². The third-order valence-corrected chi connectivity index (χ3v) is 3.46. The predicted octanol–water partition coefficient (Wildman–Crippen LogP) is 0.964. The van der Waals surface area contributed by atoms with E-state index >= 15 is 0 Å². The number of ether oxygens (including phenoxy) is 2. The van der Waals surface area contributed by atoms with E-state index in [4.69, 9.17) is 9.47 Å². The standard InChI is InChI=1S/C14H23N3O3/c1-16-10-12(9-15-16)11-17(6-8-19-2)14(18)13-5-3-4-7-20-13/h9-10,13H,3-8,11H2,1-2H3/t13-/m1/s1. The second-order valence-corrected chi connectivity index (χ2v) is 5.13. The largest absolute Gasteiger partial charge is 0.383 e. The summed E-state index contributed by atoms with van der Waals surface area (Å²) in [5.74, 6) is 0.0607. The van der Waals surface area contributed by atoms with Crippen LogP contribution in [0, 0.1) is 0 Å². The topological polar surface area (TPSA) is 56.6 Å². The molecule has 1 aromatic rings. The van der Waals surface area contributed by atoms with Gasteiger partial charge in [-0.1, -0.05) is 0 Å². The van der Waals surface area contributed by atoms with E-state index in [0.29, 0.717) is 26.3 Å². The summed E-state index contributed by atoms with van der Waals surface area (Å²) in [5, 5.41) is 4.14. The Labute approximate surface area is 119 Å². The molecule has 1 amide bonds. The predicted molar refractivity (Wildman–Crippen MR) is 74.1 cm³/mol. The van der Waals surface area contributed by atoms with Crippen LogP contribution in [-0.2, 0) is 27.9 Å². The molecule has 0 radical (unpaired) electrons. The van der Waals surface area contributed by atoms with Gasteiger partial charge in [-0.25, -0.2) is 0 Å². The molecule has 1 aliphatic rings. The van der Waals surface area contributed by atoms with Crippen LogP contribution in [-0.4, -0.2) is 53.6 Å². The Morgan fingerprint density at radius 2 is 2.45 bits per heavy atom. The van der Waals surface area contributed by atoms with E-state index in [1.165, 1.54) is 0 Å². The molecular weight excluding hydrogens is 258 g/mol. The van der Waals surface area contributed by atoms with E-state index in [0.717, 1.165) is 24.8 Å². The fraction of sp³-hybridized carbons (Fsp3) is 0.714. The molecule has 1 fully saturated rings. The third-order valence-electron chi connectivity index (χ3n) is 3.46. The second-order valence-electron chi connectivity index (χ2n) is 5.13. The van der Waals surface area contributed by atoms with Gasteiger partial charge in [-0.3, -0.25) is 9.48 Å². The molecule has 6 heteroatoms. The summed E-state index contributed by atoms with van der Waals surface area (Å²) in [6.45, 7) is 2.33. The molecule has 0 N–H and O–H groups in total. The first-order valence-electron chi connectivity index (χ1n) is 7.07. The summed E-state index contributed by atoms with van der Waals surface area (Å²) < 4.78 is 12.4. The average molecular weight is 281 g/mol. The van der Waals surface area contributed by atoms with E-state index in [-0.39, 0.29) is 12.0 Å². The van der Waals surface area contributed by atoms with Crippen LogP contribution < -0.4 is 0 Å². The van der Waals surface area contributed by atoms with Crippen LogP contribution in [0.4, 0.5) is 0 Å². The van der Waals surface area contributed by atoms with Crippen LogP contribution >= 0.6 is 0 Å². The lowest BCUT2D eigenvalue weighted by Crippen LogP contribution is -2.42. The van der Waals surface area contributed by atoms with Crippen LogP contribution in [0.3, 0.4) is 0 Å². The van der Waals surface area contributed by atoms with Gasteiger partial charge in [0.1, 0.15) is 6.10 Å². The monoisotopic (exact) mass is 281 g/mol. The van der Waals surface area contributed by atoms with Gasteiger partial charge in [0.25, 0.3) is 5.91 Å². The summed E-state index contributed by atoms with van der Waals surface area (Å²) in [4.78, 5) is 14.3. The van der Waals surface area contributed by atoms with Crippen LogP contribution in [0.15, 0.2) is 12.4 Å². The van der Waals surface area contributed by atoms with Gasteiger partial charge in [-0.05, 0) is 19.3 Å². The van der Waals surface area contributed by atoms with Gasteiger partial charge < -0.3 is 14.4 Å². The van der Waals surface area contributed by atoms with Crippen molar-refractivity contribution in [2.45, 2.75) is 31.9 Å². The summed E-state index contributed by atoms with van der Waals surface area (Å²) in [7, 11) is 3.51. The Balaban J connectivity index is 1.99. The highest BCUT2D eigenvalue weighted by Gasteiger charge is 2.27. The molecule has 1 saturated heterocycles. The molecule has 6 nitrogen and oxygen atoms in total. The van der Waals surface area contributed by atoms with Gasteiger partial charge in [-0.2, -0.15) is 5.10 Å². The Morgan fingerprint density at radius 1 is 1.60 bits per heavy atom. The highest BCUT2D eigenvalue weighted by Crippen LogP contribution is 2.16. The van der Waals surface area contributed by atoms with Crippen molar-refractivity contribution < 1.29 is 14.3 Å². The van der Waals surface area contributed by atoms with Gasteiger partial charge in [-0.15, -0.1) is 0 Å². The van der Waals surface area contributed by atoms with Crippen molar-refractivity contribution in [1.82, 2.24) is 14.7 Å². The number of aryl methyl sites for hydroxylation is 1. The first-order valence-corrected chi connectivity index (χ1v) is 7.07. The number of hydrogen-bond acceptors (Lipinski definition) is 4. The maximum atomic E-state index is 12.5. The van der Waals surface area contributed by atoms with E-state index in [1.807, 2.05) is 13.2 Å². The van der Waals surface area contributed by atoms with Crippen LogP contribution in [0.5, 0.6) is 0 Å². The molecule has 1 aliphatic heterocycles. The molecule has 0 aromatic carbocycles. The van der Waals surface area contributed by atoms with Crippen molar-refractivity contribution in [3.8, 4) is 0 Å². The number of carbonyl (C=O) groups excluding carboxylic acids is 1. The number of aromatic nitrogens is 2. The molecule has 0 saturated carbocycles. The van der Waals surface area contributed by atoms with Gasteiger partial charge in [0.05, 0.1) is 12.8 Å². The van der Waals surface area contributed by atoms with Crippen LogP contribution in [0.2, 0.25) is 0 Å². The fourth-order valence-corrected chi connectivity index (χ4v) is 2.38. The van der Waals surface area contributed by atoms with Gasteiger partial charge in [0.15, 0.2) is 0 Å². The number of nitrogens with zero attached hydrogens (tertiary/aromatic N) is 3. The molecule has 0 aliphatic carbocycles. The quantitative estimate of drug-likeness (QED) is 0.779. The van der Waals surface area contributed by atoms with Crippen molar-refractivity contribution in [3.63, 3.8) is 0 Å². The molecule has 112 valence electrons. The Bertz CT molecular complexity index is 427. The van der Waals surface area contributed by atoms with Crippen molar-refractivity contribution in [2.75, 3.05) is 26.9 Å². The van der Waals surface area contributed by atoms with Crippen molar-refractivity contribution in [3.05, 3.63) is 18.0 Å². The molecule has 0 unspecified atom stereocenters. The number of amides is 1. The lowest BCUT2D eigenvalue weighted by atomic mass is 10.1. The maximum Gasteiger partial charge on any atom is 0.252 e. The lowest BCUT2D eigenvalue weighted by Gasteiger charge is -2.29. The molecule has 2 rings (SSSR count). The normalized spacial score (nSPS) is 19.0. The van der Waals surface area contributed by atoms with Gasteiger partial charge in [0, 0.05) is 45.6 Å². The first-order chi connectivity index (χ1) is 9.70. The van der Waals surface area contributed by atoms with E-state index in [1.54, 1.807) is 22.9 Å². The number of hydrogen-bond donors (Lipinski definition) is 0. The lowest BCUT2D eigenvalue weighted by molar-refractivity contribution is -0.147. The van der Waals surface area contributed by atoms with Crippen molar-refractivity contribution >= 4 is 5.91 Å². The summed E-state index contributed by atoms with van der Waals surface area (Å²) in [6.07, 6.45) is 6.34. The second kappa shape index (κ2) is 7.40. The van der Waals surface area contributed by atoms with Crippen molar-refractivity contribution in [1.29, 1.82) is 0 Å². The molecular formula is C14H23N3O3. The van der Waals surface area contributed by atoms with Gasteiger partial charge >= 0.3 is 0 Å². The highest BCUT2D eigenvalue weighted by molar-refractivity contribution is 5.81. The first kappa shape index (κ1) is 15.0. The van der Waals surface area contributed by atoms with Crippen LogP contribution in [0.25, 0.3) is 0 Å². The minimum Gasteiger partial charge on any atom is -0.383 e. The van der Waals surface area contributed by atoms with Crippen LogP contribution in [0.1, 0.15) is 24.8 Å². The maximum absolute atomic E-state index is 12.5. The SMILES string of the molecule is COCCN(Cc1cnn(C)c1)C(=O)[C@H]1CCCCO1. The molecule has 0 spiro atoms. The smallest absolute Gasteiger partial charge is 0.252 e. The molecule has 1 aromatic heterocycles. The van der Waals surface area contributed by atoms with E-state index in [9.17, 15) is 4.79 Å². The number of carbonyl (C=O) groups is 1. The zero-order chi connectivity index (χ0) is 14.4. The summed E-state index contributed by atoms with van der Waals surface area (Å²) in [6, 6.07) is 0. The van der Waals surface area contributed by atoms with Crippen molar-refractivity contribution in [2.24, 2.45) is 7.05 Å². The minimum absolute atomic E-state index is 0.0607. The summed E-state index contributed by atoms with van der Waals surface area (Å²) >= 11 is 0. The third kappa shape index (κ3) is 4.05. The molecule has 0 bridgehead atoms. The average Bonchev–Trinajstić information content (AvgIpc) is 2.89. The molecule has 1 atom stereocenters. The molecule has 2 heterocycles. The number of methoxy groups -OCH3 is 1. The van der Waals surface area contributed by atoms with Gasteiger partial charge in [0.2, 0.25) is 0 Å². The fourth-order valence-electron chi connectivity index (χ4n) is 2.38. The summed E-state index contributed by atoms with van der Waals surface area (Å²) in [5.41, 5.74) is 1.02. The zero-order valence-electron chi connectivity index (χ0n) is 12.2. The Kier molecular flexibility index (Phi) is 5.55. The minimum atomic E-state index is -0.294. The Hall–Kier alpha value is -1.40. The zero-order valence-corrected chi connectivity index (χ0v) is 12.2.